The van der Waals surface area contributed by atoms with Crippen molar-refractivity contribution in [2.24, 2.45) is 0 Å². The van der Waals surface area contributed by atoms with Crippen LogP contribution in [0.3, 0.4) is 0 Å². The van der Waals surface area contributed by atoms with Crippen LogP contribution >= 0.6 is 22.9 Å². The molecule has 3 rings (SSSR count). The number of carboxylic acids is 1. The molecule has 0 aliphatic rings. The van der Waals surface area contributed by atoms with Crippen molar-refractivity contribution >= 4 is 46.6 Å². The highest BCUT2D eigenvalue weighted by Crippen LogP contribution is 2.19. The van der Waals surface area contributed by atoms with E-state index in [1.807, 2.05) is 6.07 Å². The van der Waals surface area contributed by atoms with Crippen molar-refractivity contribution in [3.8, 4) is 5.75 Å². The topological polar surface area (TPSA) is 145 Å². The second kappa shape index (κ2) is 12.2. The predicted octanol–water partition coefficient (Wildman–Crippen LogP) is 3.35. The number of hydrogen-bond donors (Lipinski definition) is 5. The summed E-state index contributed by atoms with van der Waals surface area (Å²) in [5, 5.41) is 28.5. The number of aryl methyl sites for hydroxylation is 1. The number of carboxylic acid groups (broad SMARTS) is 1. The van der Waals surface area contributed by atoms with E-state index in [0.29, 0.717) is 10.4 Å². The summed E-state index contributed by atoms with van der Waals surface area (Å²) in [4.78, 5) is 49.5. The molecule has 0 fully saturated rings. The maximum atomic E-state index is 12.7. The minimum atomic E-state index is -1.26. The number of benzene rings is 2. The number of aromatic hydroxyl groups is 1. The van der Waals surface area contributed by atoms with Crippen molar-refractivity contribution in [3.63, 3.8) is 0 Å². The molecule has 3 amide bonds. The minimum absolute atomic E-state index is 0.00527. The summed E-state index contributed by atoms with van der Waals surface area (Å²) in [6.07, 6.45) is -0.0373. The van der Waals surface area contributed by atoms with E-state index < -0.39 is 23.8 Å². The van der Waals surface area contributed by atoms with E-state index in [1.54, 1.807) is 24.4 Å². The van der Waals surface area contributed by atoms with Gasteiger partial charge in [-0.1, -0.05) is 23.7 Å². The van der Waals surface area contributed by atoms with E-state index >= 15 is 0 Å². The molecule has 1 heterocycles. The van der Waals surface area contributed by atoms with Gasteiger partial charge in [-0.25, -0.2) is 4.79 Å². The van der Waals surface area contributed by atoms with Crippen molar-refractivity contribution in [1.82, 2.24) is 16.0 Å². The average Bonchev–Trinajstić information content (AvgIpc) is 3.27. The summed E-state index contributed by atoms with van der Waals surface area (Å²) < 4.78 is 0. The third-order valence-electron chi connectivity index (χ3n) is 5.23. The molecule has 0 aliphatic heterocycles. The summed E-state index contributed by atoms with van der Waals surface area (Å²) in [5.74, 6) is -2.64. The van der Waals surface area contributed by atoms with Crippen LogP contribution in [-0.4, -0.2) is 46.5 Å². The minimum Gasteiger partial charge on any atom is -0.508 e. The van der Waals surface area contributed by atoms with E-state index in [9.17, 15) is 29.4 Å². The lowest BCUT2D eigenvalue weighted by atomic mass is 10.1. The molecule has 9 nitrogen and oxygen atoms in total. The van der Waals surface area contributed by atoms with Gasteiger partial charge in [-0.05, 0) is 66.2 Å². The summed E-state index contributed by atoms with van der Waals surface area (Å²) >= 11 is 7.50. The van der Waals surface area contributed by atoms with Gasteiger partial charge in [-0.3, -0.25) is 14.4 Å². The number of phenolic OH excluding ortho intramolecular Hbond substituents is 1. The number of phenols is 1. The molecule has 1 aromatic heterocycles. The zero-order valence-electron chi connectivity index (χ0n) is 19.2. The van der Waals surface area contributed by atoms with Crippen LogP contribution in [0.15, 0.2) is 53.9 Å². The molecule has 0 radical (unpaired) electrons. The van der Waals surface area contributed by atoms with Crippen molar-refractivity contribution in [3.05, 3.63) is 86.1 Å². The number of thiophene rings is 1. The van der Waals surface area contributed by atoms with Crippen LogP contribution in [-0.2, 0) is 11.3 Å². The molecule has 0 saturated carbocycles. The predicted molar refractivity (Wildman–Crippen MR) is 136 cm³/mol. The summed E-state index contributed by atoms with van der Waals surface area (Å²) in [7, 11) is 0. The van der Waals surface area contributed by atoms with Gasteiger partial charge in [0, 0.05) is 18.7 Å². The van der Waals surface area contributed by atoms with Crippen LogP contribution in [0.1, 0.15) is 47.9 Å². The molecular formula is C25H24ClN3O6S. The molecule has 36 heavy (non-hydrogen) atoms. The fourth-order valence-electron chi connectivity index (χ4n) is 3.30. The molecule has 5 N–H and O–H groups in total. The Bertz CT molecular complexity index is 1290. The standard InChI is InChI=1S/C25H24ClN3O6S/c1-14-8-10-36-21(14)24(33)27-9-7-20(25(34)35)29-23(32)18-6-5-16(12-19(18)26)22(31)28-13-15-3-2-4-17(30)11-15/h2-6,8,10-12,20,30H,7,9,13H2,1H3,(H,27,33)(H,28,31)(H,29,32)(H,34,35). The van der Waals surface area contributed by atoms with Crippen LogP contribution in [0.25, 0.3) is 0 Å². The molecule has 11 heteroatoms. The third-order valence-corrected chi connectivity index (χ3v) is 6.56. The zero-order chi connectivity index (χ0) is 26.2. The monoisotopic (exact) mass is 529 g/mol. The van der Waals surface area contributed by atoms with Crippen molar-refractivity contribution in [1.29, 1.82) is 0 Å². The number of hydrogen-bond acceptors (Lipinski definition) is 6. The Morgan fingerprint density at radius 2 is 1.78 bits per heavy atom. The van der Waals surface area contributed by atoms with Crippen LogP contribution in [0.4, 0.5) is 0 Å². The largest absolute Gasteiger partial charge is 0.508 e. The maximum absolute atomic E-state index is 12.7. The van der Waals surface area contributed by atoms with E-state index in [2.05, 4.69) is 16.0 Å². The van der Waals surface area contributed by atoms with E-state index in [0.717, 1.165) is 5.56 Å². The Hall–Kier alpha value is -3.89. The van der Waals surface area contributed by atoms with Gasteiger partial charge in [0.05, 0.1) is 15.5 Å². The highest BCUT2D eigenvalue weighted by molar-refractivity contribution is 7.12. The number of carbonyl (C=O) groups excluding carboxylic acids is 3. The molecule has 1 unspecified atom stereocenters. The van der Waals surface area contributed by atoms with E-state index in [4.69, 9.17) is 11.6 Å². The lowest BCUT2D eigenvalue weighted by molar-refractivity contribution is -0.139. The lowest BCUT2D eigenvalue weighted by Gasteiger charge is -2.16. The number of amides is 3. The van der Waals surface area contributed by atoms with Gasteiger partial charge >= 0.3 is 5.97 Å². The highest BCUT2D eigenvalue weighted by Gasteiger charge is 2.23. The molecule has 2 aromatic carbocycles. The molecule has 1 atom stereocenters. The Kier molecular flexibility index (Phi) is 9.04. The van der Waals surface area contributed by atoms with Crippen LogP contribution in [0.5, 0.6) is 5.75 Å². The molecule has 0 spiro atoms. The number of carbonyl (C=O) groups is 4. The molecule has 188 valence electrons. The van der Waals surface area contributed by atoms with Crippen molar-refractivity contribution in [2.45, 2.75) is 25.9 Å². The summed E-state index contributed by atoms with van der Waals surface area (Å²) in [6.45, 7) is 2.02. The Balaban J connectivity index is 1.57. The highest BCUT2D eigenvalue weighted by atomic mass is 35.5. The van der Waals surface area contributed by atoms with Gasteiger partial charge in [0.1, 0.15) is 11.8 Å². The first-order valence-corrected chi connectivity index (χ1v) is 12.1. The molecule has 0 saturated heterocycles. The number of aliphatic carboxylic acids is 1. The molecule has 0 aliphatic carbocycles. The van der Waals surface area contributed by atoms with Gasteiger partial charge in [0.2, 0.25) is 0 Å². The normalized spacial score (nSPS) is 11.4. The van der Waals surface area contributed by atoms with Crippen LogP contribution in [0, 0.1) is 6.92 Å². The van der Waals surface area contributed by atoms with Crippen LogP contribution in [0.2, 0.25) is 5.02 Å². The van der Waals surface area contributed by atoms with Gasteiger partial charge < -0.3 is 26.2 Å². The van der Waals surface area contributed by atoms with Crippen molar-refractivity contribution < 1.29 is 29.4 Å². The fraction of sp³-hybridized carbons (Fsp3) is 0.200. The van der Waals surface area contributed by atoms with E-state index in [-0.39, 0.29) is 47.3 Å². The molecular weight excluding hydrogens is 506 g/mol. The Labute approximate surface area is 216 Å². The maximum Gasteiger partial charge on any atom is 0.326 e. The van der Waals surface area contributed by atoms with Gasteiger partial charge in [0.25, 0.3) is 17.7 Å². The van der Waals surface area contributed by atoms with Crippen molar-refractivity contribution in [2.75, 3.05) is 6.54 Å². The third kappa shape index (κ3) is 7.06. The van der Waals surface area contributed by atoms with E-state index in [1.165, 1.54) is 41.7 Å². The number of rotatable bonds is 10. The van der Waals surface area contributed by atoms with Gasteiger partial charge in [0.15, 0.2) is 0 Å². The first kappa shape index (κ1) is 26.7. The fourth-order valence-corrected chi connectivity index (χ4v) is 4.41. The number of halogens is 1. The van der Waals surface area contributed by atoms with Crippen LogP contribution < -0.4 is 16.0 Å². The smallest absolute Gasteiger partial charge is 0.326 e. The Morgan fingerprint density at radius 3 is 2.42 bits per heavy atom. The Morgan fingerprint density at radius 1 is 1.00 bits per heavy atom. The SMILES string of the molecule is Cc1ccsc1C(=O)NCCC(NC(=O)c1ccc(C(=O)NCc2cccc(O)c2)cc1Cl)C(=O)O. The average molecular weight is 530 g/mol. The molecule has 0 bridgehead atoms. The lowest BCUT2D eigenvalue weighted by Crippen LogP contribution is -2.43. The van der Waals surface area contributed by atoms with Gasteiger partial charge in [-0.2, -0.15) is 0 Å². The second-order valence-electron chi connectivity index (χ2n) is 7.89. The first-order chi connectivity index (χ1) is 17.2. The number of nitrogens with one attached hydrogen (secondary N) is 3. The summed E-state index contributed by atoms with van der Waals surface area (Å²) in [6, 6.07) is 11.0. The van der Waals surface area contributed by atoms with Gasteiger partial charge in [-0.15, -0.1) is 11.3 Å². The molecule has 3 aromatic rings. The summed E-state index contributed by atoms with van der Waals surface area (Å²) in [5.41, 5.74) is 1.74. The second-order valence-corrected chi connectivity index (χ2v) is 9.21. The first-order valence-electron chi connectivity index (χ1n) is 10.9. The zero-order valence-corrected chi connectivity index (χ0v) is 20.8. The quantitative estimate of drug-likeness (QED) is 0.272.